The standard InChI is InChI=1S/C30H24BrN3O3/c1-19-12-14-25(15-13-19)34-29(36)27(28(35)33(30(34)37)24-9-5-4-6-10-24)17-22-16-20(2)32(21(22)3)26-11-7-8-23(31)18-26/h4-18H,1-3H3/b27-17+. The lowest BCUT2D eigenvalue weighted by atomic mass is 10.0. The molecule has 4 aromatic rings. The molecule has 4 amide bonds. The highest BCUT2D eigenvalue weighted by atomic mass is 79.9. The van der Waals surface area contributed by atoms with Crippen LogP contribution in [0.1, 0.15) is 22.5 Å². The topological polar surface area (TPSA) is 62.6 Å². The van der Waals surface area contributed by atoms with Crippen LogP contribution < -0.4 is 9.80 Å². The summed E-state index contributed by atoms with van der Waals surface area (Å²) in [6, 6.07) is 24.9. The molecule has 1 saturated heterocycles. The van der Waals surface area contributed by atoms with Crippen LogP contribution in [-0.2, 0) is 9.59 Å². The molecule has 0 N–H and O–H groups in total. The maximum Gasteiger partial charge on any atom is 0.343 e. The van der Waals surface area contributed by atoms with Crippen LogP contribution in [-0.4, -0.2) is 22.4 Å². The molecule has 1 fully saturated rings. The lowest BCUT2D eigenvalue weighted by molar-refractivity contribution is -0.121. The fourth-order valence-electron chi connectivity index (χ4n) is 4.56. The number of hydrogen-bond acceptors (Lipinski definition) is 3. The van der Waals surface area contributed by atoms with Gasteiger partial charge in [-0.15, -0.1) is 0 Å². The van der Waals surface area contributed by atoms with Gasteiger partial charge in [0.1, 0.15) is 5.57 Å². The Morgan fingerprint density at radius 1 is 0.676 bits per heavy atom. The van der Waals surface area contributed by atoms with Gasteiger partial charge in [-0.3, -0.25) is 9.59 Å². The number of rotatable bonds is 4. The SMILES string of the molecule is Cc1ccc(N2C(=O)/C(=C/c3cc(C)n(-c4cccc(Br)c4)c3C)C(=O)N(c3ccccc3)C2=O)cc1. The van der Waals surface area contributed by atoms with Gasteiger partial charge in [0.15, 0.2) is 0 Å². The summed E-state index contributed by atoms with van der Waals surface area (Å²) in [5.41, 5.74) is 5.20. The van der Waals surface area contributed by atoms with E-state index in [0.29, 0.717) is 11.4 Å². The van der Waals surface area contributed by atoms with E-state index >= 15 is 0 Å². The highest BCUT2D eigenvalue weighted by Gasteiger charge is 2.43. The van der Waals surface area contributed by atoms with Crippen molar-refractivity contribution in [3.8, 4) is 5.69 Å². The summed E-state index contributed by atoms with van der Waals surface area (Å²) >= 11 is 3.52. The van der Waals surface area contributed by atoms with Crippen molar-refractivity contribution in [2.24, 2.45) is 0 Å². The molecule has 0 bridgehead atoms. The fraction of sp³-hybridized carbons (Fsp3) is 0.100. The van der Waals surface area contributed by atoms with Crippen molar-refractivity contribution >= 4 is 51.2 Å². The Balaban J connectivity index is 1.66. The van der Waals surface area contributed by atoms with E-state index in [4.69, 9.17) is 0 Å². The molecule has 37 heavy (non-hydrogen) atoms. The van der Waals surface area contributed by atoms with Crippen molar-refractivity contribution in [2.75, 3.05) is 9.80 Å². The van der Waals surface area contributed by atoms with Gasteiger partial charge in [0.2, 0.25) is 0 Å². The molecule has 5 rings (SSSR count). The maximum atomic E-state index is 13.7. The Bertz CT molecular complexity index is 1570. The van der Waals surface area contributed by atoms with Gasteiger partial charge in [-0.05, 0) is 80.9 Å². The van der Waals surface area contributed by atoms with E-state index in [2.05, 4.69) is 20.5 Å². The first-order chi connectivity index (χ1) is 17.8. The van der Waals surface area contributed by atoms with Gasteiger partial charge in [-0.1, -0.05) is 57.9 Å². The number of carbonyl (C=O) groups is 3. The van der Waals surface area contributed by atoms with E-state index in [9.17, 15) is 14.4 Å². The number of aryl methyl sites for hydroxylation is 2. The van der Waals surface area contributed by atoms with E-state index in [1.807, 2.05) is 63.2 Å². The summed E-state index contributed by atoms with van der Waals surface area (Å²) in [4.78, 5) is 43.0. The van der Waals surface area contributed by atoms with Crippen molar-refractivity contribution in [3.63, 3.8) is 0 Å². The molecule has 184 valence electrons. The van der Waals surface area contributed by atoms with Gasteiger partial charge in [-0.25, -0.2) is 14.6 Å². The number of halogens is 1. The molecule has 1 aliphatic heterocycles. The number of barbiturate groups is 1. The molecule has 0 aliphatic carbocycles. The van der Waals surface area contributed by atoms with E-state index in [0.717, 1.165) is 42.5 Å². The third-order valence-electron chi connectivity index (χ3n) is 6.39. The van der Waals surface area contributed by atoms with Crippen LogP contribution >= 0.6 is 15.9 Å². The number of para-hydroxylation sites is 1. The molecule has 0 atom stereocenters. The normalized spacial score (nSPS) is 15.1. The number of benzene rings is 3. The molecule has 0 saturated carbocycles. The monoisotopic (exact) mass is 553 g/mol. The maximum absolute atomic E-state index is 13.7. The average Bonchev–Trinajstić information content (AvgIpc) is 3.16. The molecule has 0 unspecified atom stereocenters. The molecule has 2 heterocycles. The van der Waals surface area contributed by atoms with Crippen molar-refractivity contribution < 1.29 is 14.4 Å². The van der Waals surface area contributed by atoms with E-state index in [1.165, 1.54) is 0 Å². The number of carbonyl (C=O) groups excluding carboxylic acids is 3. The summed E-state index contributed by atoms with van der Waals surface area (Å²) in [5.74, 6) is -1.31. The lowest BCUT2D eigenvalue weighted by Gasteiger charge is -2.34. The second-order valence-corrected chi connectivity index (χ2v) is 9.85. The molecule has 0 spiro atoms. The van der Waals surface area contributed by atoms with Gasteiger partial charge >= 0.3 is 6.03 Å². The smallest absolute Gasteiger partial charge is 0.318 e. The predicted molar refractivity (Wildman–Crippen MR) is 149 cm³/mol. The van der Waals surface area contributed by atoms with Crippen LogP contribution in [0.4, 0.5) is 16.2 Å². The average molecular weight is 554 g/mol. The Labute approximate surface area is 223 Å². The predicted octanol–water partition coefficient (Wildman–Crippen LogP) is 6.75. The summed E-state index contributed by atoms with van der Waals surface area (Å²) in [5, 5.41) is 0. The van der Waals surface area contributed by atoms with Crippen LogP contribution in [0.5, 0.6) is 0 Å². The summed E-state index contributed by atoms with van der Waals surface area (Å²) in [7, 11) is 0. The number of imide groups is 2. The first kappa shape index (κ1) is 24.5. The Morgan fingerprint density at radius 2 is 1.27 bits per heavy atom. The summed E-state index contributed by atoms with van der Waals surface area (Å²) in [6.45, 7) is 5.84. The minimum atomic E-state index is -0.707. The minimum absolute atomic E-state index is 0.0847. The van der Waals surface area contributed by atoms with Crippen molar-refractivity contribution in [1.29, 1.82) is 0 Å². The van der Waals surface area contributed by atoms with Crippen LogP contribution in [0.2, 0.25) is 0 Å². The van der Waals surface area contributed by atoms with Crippen LogP contribution in [0, 0.1) is 20.8 Å². The third-order valence-corrected chi connectivity index (χ3v) is 6.89. The van der Waals surface area contributed by atoms with Gasteiger partial charge in [0, 0.05) is 21.5 Å². The number of urea groups is 1. The highest BCUT2D eigenvalue weighted by Crippen LogP contribution is 2.31. The Kier molecular flexibility index (Phi) is 6.39. The molecule has 6 nitrogen and oxygen atoms in total. The van der Waals surface area contributed by atoms with Gasteiger partial charge < -0.3 is 4.57 Å². The van der Waals surface area contributed by atoms with Crippen molar-refractivity contribution in [3.05, 3.63) is 117 Å². The first-order valence-electron chi connectivity index (χ1n) is 11.8. The molecular formula is C30H24BrN3O3. The fourth-order valence-corrected chi connectivity index (χ4v) is 4.94. The Morgan fingerprint density at radius 3 is 1.89 bits per heavy atom. The first-order valence-corrected chi connectivity index (χ1v) is 12.6. The van der Waals surface area contributed by atoms with E-state index in [-0.39, 0.29) is 5.57 Å². The number of anilines is 2. The molecule has 3 aromatic carbocycles. The quantitative estimate of drug-likeness (QED) is 0.207. The van der Waals surface area contributed by atoms with E-state index in [1.54, 1.807) is 48.5 Å². The molecular weight excluding hydrogens is 530 g/mol. The summed E-state index contributed by atoms with van der Waals surface area (Å²) in [6.07, 6.45) is 1.59. The van der Waals surface area contributed by atoms with Gasteiger partial charge in [0.25, 0.3) is 11.8 Å². The van der Waals surface area contributed by atoms with Crippen LogP contribution in [0.25, 0.3) is 11.8 Å². The molecule has 7 heteroatoms. The number of amides is 4. The number of nitrogens with zero attached hydrogens (tertiary/aromatic N) is 3. The van der Waals surface area contributed by atoms with Crippen LogP contribution in [0.3, 0.4) is 0 Å². The lowest BCUT2D eigenvalue weighted by Crippen LogP contribution is -2.57. The van der Waals surface area contributed by atoms with Crippen molar-refractivity contribution in [2.45, 2.75) is 20.8 Å². The van der Waals surface area contributed by atoms with E-state index < -0.39 is 17.8 Å². The molecule has 0 radical (unpaired) electrons. The Hall–Kier alpha value is -4.23. The van der Waals surface area contributed by atoms with Crippen LogP contribution in [0.15, 0.2) is 95.0 Å². The van der Waals surface area contributed by atoms with Gasteiger partial charge in [0.05, 0.1) is 11.4 Å². The zero-order valence-corrected chi connectivity index (χ0v) is 22.2. The number of aromatic nitrogens is 1. The second kappa shape index (κ2) is 9.67. The largest absolute Gasteiger partial charge is 0.343 e. The zero-order chi connectivity index (χ0) is 26.3. The minimum Gasteiger partial charge on any atom is -0.318 e. The zero-order valence-electron chi connectivity index (χ0n) is 20.6. The summed E-state index contributed by atoms with van der Waals surface area (Å²) < 4.78 is 3.01. The van der Waals surface area contributed by atoms with Gasteiger partial charge in [-0.2, -0.15) is 0 Å². The third kappa shape index (κ3) is 4.42. The van der Waals surface area contributed by atoms with Crippen molar-refractivity contribution in [1.82, 2.24) is 4.57 Å². The second-order valence-electron chi connectivity index (χ2n) is 8.93. The number of hydrogen-bond donors (Lipinski definition) is 0. The molecule has 1 aliphatic rings. The molecule has 1 aromatic heterocycles. The highest BCUT2D eigenvalue weighted by molar-refractivity contribution is 9.10.